The lowest BCUT2D eigenvalue weighted by molar-refractivity contribution is -0.143. The number of carbonyl (C=O) groups is 1. The Morgan fingerprint density at radius 1 is 0.396 bits per heavy atom. The summed E-state index contributed by atoms with van der Waals surface area (Å²) in [7, 11) is 0. The third-order valence-electron chi connectivity index (χ3n) is 10.2. The maximum absolute atomic E-state index is 11.9. The minimum atomic E-state index is 0.0144. The van der Waals surface area contributed by atoms with Crippen molar-refractivity contribution in [3.8, 4) is 0 Å². The van der Waals surface area contributed by atoms with E-state index in [4.69, 9.17) is 9.84 Å². The molecule has 0 aromatic carbocycles. The predicted octanol–water partition coefficient (Wildman–Crippen LogP) is 15.3. The van der Waals surface area contributed by atoms with Gasteiger partial charge in [0.05, 0.1) is 6.61 Å². The molecule has 0 rings (SSSR count). The fourth-order valence-corrected chi connectivity index (χ4v) is 6.86. The number of hydrogen-bond acceptors (Lipinski definition) is 3. The molecule has 0 aliphatic heterocycles. The fraction of sp³-hybridized carbons (Fsp3) is 0.933. The molecule has 0 aromatic heterocycles. The van der Waals surface area contributed by atoms with Crippen molar-refractivity contribution in [3.63, 3.8) is 0 Å². The highest BCUT2D eigenvalue weighted by Gasteiger charge is 2.03. The van der Waals surface area contributed by atoms with Crippen LogP contribution in [0.4, 0.5) is 0 Å². The molecule has 0 aromatic rings. The van der Waals surface area contributed by atoms with Crippen molar-refractivity contribution in [2.75, 3.05) is 13.2 Å². The first-order chi connectivity index (χ1) is 23.8. The van der Waals surface area contributed by atoms with Crippen molar-refractivity contribution in [2.45, 2.75) is 257 Å². The maximum atomic E-state index is 11.9. The number of hydrogen-bond donors (Lipinski definition) is 1. The SMILES string of the molecule is CCCCC=CCCCCCCCC(=O)OCCCCCCCCCCCCCCCCCCCCCCCCCCCCCCCO. The van der Waals surface area contributed by atoms with Crippen LogP contribution >= 0.6 is 0 Å². The molecule has 0 heterocycles. The zero-order valence-corrected chi connectivity index (χ0v) is 32.9. The summed E-state index contributed by atoms with van der Waals surface area (Å²) in [6.07, 6.45) is 56.2. The Bertz CT molecular complexity index is 615. The van der Waals surface area contributed by atoms with Crippen LogP contribution in [0, 0.1) is 0 Å². The number of unbranched alkanes of at least 4 members (excludes halogenated alkanes) is 35. The second kappa shape index (κ2) is 44.2. The highest BCUT2D eigenvalue weighted by molar-refractivity contribution is 5.69. The minimum Gasteiger partial charge on any atom is -0.466 e. The van der Waals surface area contributed by atoms with Crippen molar-refractivity contribution >= 4 is 5.97 Å². The Morgan fingerprint density at radius 2 is 0.688 bits per heavy atom. The normalized spacial score (nSPS) is 11.6. The monoisotopic (exact) mass is 677 g/mol. The quantitative estimate of drug-likeness (QED) is 0.0398. The van der Waals surface area contributed by atoms with Crippen molar-refractivity contribution in [1.82, 2.24) is 0 Å². The van der Waals surface area contributed by atoms with Gasteiger partial charge < -0.3 is 9.84 Å². The van der Waals surface area contributed by atoms with E-state index >= 15 is 0 Å². The van der Waals surface area contributed by atoms with Gasteiger partial charge in [0.25, 0.3) is 0 Å². The van der Waals surface area contributed by atoms with Crippen LogP contribution in [-0.4, -0.2) is 24.3 Å². The molecule has 0 bridgehead atoms. The Labute approximate surface area is 302 Å². The van der Waals surface area contributed by atoms with Gasteiger partial charge >= 0.3 is 5.97 Å². The molecular formula is C45H88O3. The van der Waals surface area contributed by atoms with Crippen LogP contribution in [0.3, 0.4) is 0 Å². The van der Waals surface area contributed by atoms with E-state index in [2.05, 4.69) is 19.1 Å². The second-order valence-electron chi connectivity index (χ2n) is 15.1. The maximum Gasteiger partial charge on any atom is 0.305 e. The molecule has 286 valence electrons. The van der Waals surface area contributed by atoms with E-state index in [1.165, 1.54) is 218 Å². The fourth-order valence-electron chi connectivity index (χ4n) is 6.86. The van der Waals surface area contributed by atoms with E-state index in [1.807, 2.05) is 0 Å². The topological polar surface area (TPSA) is 46.5 Å². The van der Waals surface area contributed by atoms with E-state index in [0.29, 0.717) is 19.6 Å². The lowest BCUT2D eigenvalue weighted by atomic mass is 10.0. The first-order valence-electron chi connectivity index (χ1n) is 22.2. The van der Waals surface area contributed by atoms with Crippen molar-refractivity contribution in [2.24, 2.45) is 0 Å². The summed E-state index contributed by atoms with van der Waals surface area (Å²) in [5.41, 5.74) is 0. The van der Waals surface area contributed by atoms with Gasteiger partial charge in [-0.15, -0.1) is 0 Å². The number of aliphatic hydroxyl groups excluding tert-OH is 1. The van der Waals surface area contributed by atoms with E-state index in [-0.39, 0.29) is 5.97 Å². The average molecular weight is 677 g/mol. The van der Waals surface area contributed by atoms with Crippen LogP contribution in [-0.2, 0) is 9.53 Å². The Balaban J connectivity index is 3.13. The molecule has 0 amide bonds. The van der Waals surface area contributed by atoms with Gasteiger partial charge in [0.15, 0.2) is 0 Å². The molecule has 0 aliphatic rings. The number of rotatable bonds is 42. The second-order valence-corrected chi connectivity index (χ2v) is 15.1. The van der Waals surface area contributed by atoms with Crippen LogP contribution < -0.4 is 0 Å². The summed E-state index contributed by atoms with van der Waals surface area (Å²) in [5, 5.41) is 8.80. The van der Waals surface area contributed by atoms with E-state index in [1.54, 1.807) is 0 Å². The number of aliphatic hydroxyl groups is 1. The van der Waals surface area contributed by atoms with E-state index < -0.39 is 0 Å². The summed E-state index contributed by atoms with van der Waals surface area (Å²) in [4.78, 5) is 11.9. The molecule has 0 aliphatic carbocycles. The van der Waals surface area contributed by atoms with Gasteiger partial charge in [0.1, 0.15) is 0 Å². The van der Waals surface area contributed by atoms with Crippen molar-refractivity contribution in [3.05, 3.63) is 12.2 Å². The van der Waals surface area contributed by atoms with Gasteiger partial charge in [0.2, 0.25) is 0 Å². The molecule has 0 radical (unpaired) electrons. The largest absolute Gasteiger partial charge is 0.466 e. The molecule has 0 atom stereocenters. The molecule has 0 saturated carbocycles. The third kappa shape index (κ3) is 43.2. The average Bonchev–Trinajstić information content (AvgIpc) is 3.09. The predicted molar refractivity (Wildman–Crippen MR) is 213 cm³/mol. The van der Waals surface area contributed by atoms with Crippen LogP contribution in [0.1, 0.15) is 257 Å². The molecule has 0 unspecified atom stereocenters. The zero-order chi connectivity index (χ0) is 34.7. The van der Waals surface area contributed by atoms with Gasteiger partial charge in [-0.3, -0.25) is 4.79 Å². The molecule has 48 heavy (non-hydrogen) atoms. The van der Waals surface area contributed by atoms with E-state index in [9.17, 15) is 4.79 Å². The number of ether oxygens (including phenoxy) is 1. The first kappa shape index (κ1) is 47.2. The molecule has 0 fully saturated rings. The Kier molecular flexibility index (Phi) is 43.4. The third-order valence-corrected chi connectivity index (χ3v) is 10.2. The Morgan fingerprint density at radius 3 is 1.04 bits per heavy atom. The highest BCUT2D eigenvalue weighted by atomic mass is 16.5. The lowest BCUT2D eigenvalue weighted by Crippen LogP contribution is -2.05. The number of esters is 1. The van der Waals surface area contributed by atoms with Crippen LogP contribution in [0.2, 0.25) is 0 Å². The summed E-state index contributed by atoms with van der Waals surface area (Å²) in [6.45, 7) is 3.24. The number of carbonyl (C=O) groups excluding carboxylic acids is 1. The Hall–Kier alpha value is -0.830. The summed E-state index contributed by atoms with van der Waals surface area (Å²) >= 11 is 0. The lowest BCUT2D eigenvalue weighted by Gasteiger charge is -2.06. The number of allylic oxidation sites excluding steroid dienone is 2. The minimum absolute atomic E-state index is 0.0144. The van der Waals surface area contributed by atoms with Gasteiger partial charge in [-0.05, 0) is 38.5 Å². The zero-order valence-electron chi connectivity index (χ0n) is 32.9. The van der Waals surface area contributed by atoms with Crippen LogP contribution in [0.15, 0.2) is 12.2 Å². The molecular weight excluding hydrogens is 588 g/mol. The van der Waals surface area contributed by atoms with Crippen LogP contribution in [0.5, 0.6) is 0 Å². The van der Waals surface area contributed by atoms with Crippen molar-refractivity contribution < 1.29 is 14.6 Å². The molecule has 0 saturated heterocycles. The highest BCUT2D eigenvalue weighted by Crippen LogP contribution is 2.17. The summed E-state index contributed by atoms with van der Waals surface area (Å²) in [5.74, 6) is 0.0144. The molecule has 0 spiro atoms. The van der Waals surface area contributed by atoms with Crippen LogP contribution in [0.25, 0.3) is 0 Å². The smallest absolute Gasteiger partial charge is 0.305 e. The standard InChI is InChI=1S/C45H88O3/c1-2-3-4-5-6-7-27-30-33-36-39-42-45(47)48-44-41-38-35-32-29-26-24-22-20-18-16-14-12-10-8-9-11-13-15-17-19-21-23-25-28-31-34-37-40-43-46/h5-6,46H,2-4,7-44H2,1H3. The van der Waals surface area contributed by atoms with Gasteiger partial charge in [-0.2, -0.15) is 0 Å². The van der Waals surface area contributed by atoms with E-state index in [0.717, 1.165) is 25.7 Å². The van der Waals surface area contributed by atoms with Crippen molar-refractivity contribution in [1.29, 1.82) is 0 Å². The molecule has 3 heteroatoms. The molecule has 1 N–H and O–H groups in total. The summed E-state index contributed by atoms with van der Waals surface area (Å²) in [6, 6.07) is 0. The molecule has 3 nitrogen and oxygen atoms in total. The first-order valence-corrected chi connectivity index (χ1v) is 22.2. The summed E-state index contributed by atoms with van der Waals surface area (Å²) < 4.78 is 5.45. The van der Waals surface area contributed by atoms with Gasteiger partial charge in [0, 0.05) is 13.0 Å². The van der Waals surface area contributed by atoms with Gasteiger partial charge in [-0.25, -0.2) is 0 Å². The van der Waals surface area contributed by atoms with Gasteiger partial charge in [-0.1, -0.05) is 225 Å².